The van der Waals surface area contributed by atoms with Crippen LogP contribution in [-0.4, -0.2) is 53.4 Å². The third-order valence-electron chi connectivity index (χ3n) is 8.23. The van der Waals surface area contributed by atoms with Crippen LogP contribution in [0.4, 0.5) is 0 Å². The lowest BCUT2D eigenvalue weighted by molar-refractivity contribution is -0.171. The zero-order valence-corrected chi connectivity index (χ0v) is 23.4. The molecule has 1 atom stereocenters. The Labute approximate surface area is 225 Å². The molecule has 3 amide bonds. The first-order chi connectivity index (χ1) is 17.8. The minimum absolute atomic E-state index is 0.00303. The van der Waals surface area contributed by atoms with E-state index in [1.54, 1.807) is 0 Å². The third kappa shape index (κ3) is 6.56. The maximum absolute atomic E-state index is 13.2. The summed E-state index contributed by atoms with van der Waals surface area (Å²) in [5, 5.41) is 2.42. The minimum atomic E-state index is -0.540. The summed E-state index contributed by atoms with van der Waals surface area (Å²) in [6.07, 6.45) is 5.39. The molecular weight excluding hydrogens is 484 g/mol. The standard InChI is InChI=1S/C30H42N2O6/c1-19-18-21(23-11-13-25(33)31-26(23)34)8-12-24(19)37-22-9-6-20(7-10-22)27(35)32-16-14-30(5,15-17-32)28(36)38-29(2,3)4/h8,12,18,20,22-23H,6-7,9-11,13-17H2,1-5H3,(H,31,33,34). The topological polar surface area (TPSA) is 102 Å². The molecular formula is C30H42N2O6. The molecule has 0 spiro atoms. The van der Waals surface area contributed by atoms with E-state index >= 15 is 0 Å². The number of nitrogens with one attached hydrogen (secondary N) is 1. The first-order valence-corrected chi connectivity index (χ1v) is 14.0. The third-order valence-corrected chi connectivity index (χ3v) is 8.23. The second-order valence-electron chi connectivity index (χ2n) is 12.5. The number of rotatable bonds is 5. The van der Waals surface area contributed by atoms with Gasteiger partial charge in [0.25, 0.3) is 0 Å². The number of piperidine rings is 2. The monoisotopic (exact) mass is 526 g/mol. The van der Waals surface area contributed by atoms with E-state index in [0.29, 0.717) is 38.8 Å². The molecule has 1 unspecified atom stereocenters. The molecule has 208 valence electrons. The first kappa shape index (κ1) is 28.1. The lowest BCUT2D eigenvalue weighted by atomic mass is 9.79. The molecule has 0 radical (unpaired) electrons. The Morgan fingerprint density at radius 1 is 1.03 bits per heavy atom. The Bertz CT molecular complexity index is 1070. The van der Waals surface area contributed by atoms with Crippen LogP contribution in [0.3, 0.4) is 0 Å². The van der Waals surface area contributed by atoms with Gasteiger partial charge in [-0.3, -0.25) is 24.5 Å². The first-order valence-electron chi connectivity index (χ1n) is 14.0. The van der Waals surface area contributed by atoms with E-state index in [4.69, 9.17) is 9.47 Å². The number of carbonyl (C=O) groups is 4. The summed E-state index contributed by atoms with van der Waals surface area (Å²) in [7, 11) is 0. The molecule has 4 rings (SSSR count). The van der Waals surface area contributed by atoms with Gasteiger partial charge in [-0.25, -0.2) is 0 Å². The van der Waals surface area contributed by atoms with Gasteiger partial charge in [-0.05, 0) is 96.8 Å². The van der Waals surface area contributed by atoms with Crippen LogP contribution in [0.2, 0.25) is 0 Å². The summed E-state index contributed by atoms with van der Waals surface area (Å²) in [5.41, 5.74) is 0.813. The Balaban J connectivity index is 1.25. The van der Waals surface area contributed by atoms with E-state index in [0.717, 1.165) is 42.6 Å². The van der Waals surface area contributed by atoms with Crippen molar-refractivity contribution in [3.63, 3.8) is 0 Å². The highest BCUT2D eigenvalue weighted by Gasteiger charge is 2.42. The van der Waals surface area contributed by atoms with Gasteiger partial charge in [0, 0.05) is 25.4 Å². The number of carbonyl (C=O) groups excluding carboxylic acids is 4. The second-order valence-corrected chi connectivity index (χ2v) is 12.5. The average molecular weight is 527 g/mol. The zero-order chi connectivity index (χ0) is 27.7. The van der Waals surface area contributed by atoms with E-state index in [1.165, 1.54) is 0 Å². The van der Waals surface area contributed by atoms with Crippen LogP contribution < -0.4 is 10.1 Å². The van der Waals surface area contributed by atoms with Gasteiger partial charge < -0.3 is 14.4 Å². The summed E-state index contributed by atoms with van der Waals surface area (Å²) >= 11 is 0. The van der Waals surface area contributed by atoms with Crippen LogP contribution in [0.25, 0.3) is 0 Å². The van der Waals surface area contributed by atoms with Gasteiger partial charge in [0.1, 0.15) is 11.4 Å². The van der Waals surface area contributed by atoms with E-state index < -0.39 is 11.0 Å². The fourth-order valence-electron chi connectivity index (χ4n) is 5.72. The largest absolute Gasteiger partial charge is 0.490 e. The van der Waals surface area contributed by atoms with Crippen molar-refractivity contribution in [2.75, 3.05) is 13.1 Å². The van der Waals surface area contributed by atoms with Gasteiger partial charge in [-0.2, -0.15) is 0 Å². The maximum atomic E-state index is 13.2. The summed E-state index contributed by atoms with van der Waals surface area (Å²) in [5.74, 6) is 0.0652. The maximum Gasteiger partial charge on any atom is 0.312 e. The molecule has 0 aromatic heterocycles. The van der Waals surface area contributed by atoms with Crippen molar-refractivity contribution >= 4 is 23.7 Å². The molecule has 1 saturated carbocycles. The van der Waals surface area contributed by atoms with Crippen LogP contribution in [0, 0.1) is 18.3 Å². The number of hydrogen-bond acceptors (Lipinski definition) is 6. The Hall–Kier alpha value is -2.90. The highest BCUT2D eigenvalue weighted by atomic mass is 16.6. The van der Waals surface area contributed by atoms with E-state index in [-0.39, 0.29) is 41.6 Å². The van der Waals surface area contributed by atoms with Crippen LogP contribution in [0.5, 0.6) is 5.75 Å². The van der Waals surface area contributed by atoms with Gasteiger partial charge in [-0.1, -0.05) is 12.1 Å². The normalized spacial score (nSPS) is 25.9. The van der Waals surface area contributed by atoms with Crippen molar-refractivity contribution in [2.24, 2.45) is 11.3 Å². The van der Waals surface area contributed by atoms with E-state index in [9.17, 15) is 19.2 Å². The average Bonchev–Trinajstić information content (AvgIpc) is 2.85. The predicted octanol–water partition coefficient (Wildman–Crippen LogP) is 4.42. The smallest absolute Gasteiger partial charge is 0.312 e. The van der Waals surface area contributed by atoms with E-state index in [2.05, 4.69) is 5.32 Å². The zero-order valence-electron chi connectivity index (χ0n) is 23.4. The Morgan fingerprint density at radius 3 is 2.26 bits per heavy atom. The predicted molar refractivity (Wildman–Crippen MR) is 142 cm³/mol. The highest BCUT2D eigenvalue weighted by molar-refractivity contribution is 6.00. The van der Waals surface area contributed by atoms with Crippen molar-refractivity contribution < 1.29 is 28.7 Å². The molecule has 8 nitrogen and oxygen atoms in total. The minimum Gasteiger partial charge on any atom is -0.490 e. The van der Waals surface area contributed by atoms with Crippen molar-refractivity contribution in [1.82, 2.24) is 10.2 Å². The van der Waals surface area contributed by atoms with Crippen LogP contribution in [0.15, 0.2) is 18.2 Å². The van der Waals surface area contributed by atoms with Gasteiger partial charge in [0.15, 0.2) is 0 Å². The van der Waals surface area contributed by atoms with E-state index in [1.807, 2.05) is 57.7 Å². The fourth-order valence-corrected chi connectivity index (χ4v) is 5.72. The molecule has 1 aliphatic carbocycles. The van der Waals surface area contributed by atoms with Gasteiger partial charge in [0.2, 0.25) is 17.7 Å². The van der Waals surface area contributed by atoms with Crippen molar-refractivity contribution in [1.29, 1.82) is 0 Å². The SMILES string of the molecule is Cc1cc(C2CCC(=O)NC2=O)ccc1OC1CCC(C(=O)N2CCC(C)(C(=O)OC(C)(C)C)CC2)CC1. The van der Waals surface area contributed by atoms with Gasteiger partial charge >= 0.3 is 5.97 Å². The van der Waals surface area contributed by atoms with Gasteiger partial charge in [0.05, 0.1) is 17.4 Å². The molecule has 1 aromatic carbocycles. The molecule has 3 aliphatic rings. The summed E-state index contributed by atoms with van der Waals surface area (Å²) in [4.78, 5) is 51.5. The number of likely N-dealkylation sites (tertiary alicyclic amines) is 1. The molecule has 2 saturated heterocycles. The molecule has 38 heavy (non-hydrogen) atoms. The molecule has 1 N–H and O–H groups in total. The number of aryl methyl sites for hydroxylation is 1. The number of amides is 3. The van der Waals surface area contributed by atoms with Crippen LogP contribution in [0.1, 0.15) is 96.1 Å². The molecule has 1 aromatic rings. The van der Waals surface area contributed by atoms with Crippen LogP contribution >= 0.6 is 0 Å². The number of ether oxygens (including phenoxy) is 2. The van der Waals surface area contributed by atoms with Crippen LogP contribution in [-0.2, 0) is 23.9 Å². The number of imide groups is 1. The molecule has 8 heteroatoms. The molecule has 0 bridgehead atoms. The summed E-state index contributed by atoms with van der Waals surface area (Å²) in [6.45, 7) is 10.7. The lowest BCUT2D eigenvalue weighted by Crippen LogP contribution is -2.49. The molecule has 2 aliphatic heterocycles. The number of nitrogens with zero attached hydrogens (tertiary/aromatic N) is 1. The fraction of sp³-hybridized carbons (Fsp3) is 0.667. The number of hydrogen-bond donors (Lipinski definition) is 1. The number of benzene rings is 1. The Kier molecular flexibility index (Phi) is 8.19. The second kappa shape index (κ2) is 11.1. The highest BCUT2D eigenvalue weighted by Crippen LogP contribution is 2.36. The molecule has 3 fully saturated rings. The molecule has 2 heterocycles. The van der Waals surface area contributed by atoms with Crippen molar-refractivity contribution in [2.45, 2.75) is 104 Å². The van der Waals surface area contributed by atoms with Crippen molar-refractivity contribution in [3.05, 3.63) is 29.3 Å². The lowest BCUT2D eigenvalue weighted by Gasteiger charge is -2.40. The van der Waals surface area contributed by atoms with Crippen molar-refractivity contribution in [3.8, 4) is 5.75 Å². The van der Waals surface area contributed by atoms with Gasteiger partial charge in [-0.15, -0.1) is 0 Å². The number of esters is 1. The quantitative estimate of drug-likeness (QED) is 0.450. The Morgan fingerprint density at radius 2 is 1.68 bits per heavy atom. The summed E-state index contributed by atoms with van der Waals surface area (Å²) < 4.78 is 11.9. The summed E-state index contributed by atoms with van der Waals surface area (Å²) in [6, 6.07) is 5.81.